The number of piperidine rings is 1. The molecule has 1 aliphatic rings. The van der Waals surface area contributed by atoms with Gasteiger partial charge in [0.1, 0.15) is 5.82 Å². The molecule has 1 fully saturated rings. The fraction of sp³-hybridized carbons (Fsp3) is 0.333. The number of nitrogens with zero attached hydrogens (tertiary/aromatic N) is 2. The van der Waals surface area contributed by atoms with Gasteiger partial charge in [-0.3, -0.25) is 4.79 Å². The van der Waals surface area contributed by atoms with E-state index in [0.29, 0.717) is 12.3 Å². The molecule has 1 aliphatic heterocycles. The first kappa shape index (κ1) is 18.0. The van der Waals surface area contributed by atoms with E-state index in [2.05, 4.69) is 40.4 Å². The lowest BCUT2D eigenvalue weighted by molar-refractivity contribution is -0.132. The Bertz CT molecular complexity index is 1100. The van der Waals surface area contributed by atoms with Gasteiger partial charge in [0.25, 0.3) is 0 Å². The summed E-state index contributed by atoms with van der Waals surface area (Å²) in [4.78, 5) is 26.2. The van der Waals surface area contributed by atoms with E-state index in [9.17, 15) is 4.79 Å². The largest absolute Gasteiger partial charge is 0.361 e. The average Bonchev–Trinajstić information content (AvgIpc) is 3.38. The Hall–Kier alpha value is -3.08. The minimum Gasteiger partial charge on any atom is -0.361 e. The van der Waals surface area contributed by atoms with Crippen molar-refractivity contribution in [3.8, 4) is 0 Å². The topological polar surface area (TPSA) is 64.8 Å². The number of carbonyl (C=O) groups is 1. The lowest BCUT2D eigenvalue weighted by Crippen LogP contribution is -2.38. The molecule has 4 aromatic rings. The van der Waals surface area contributed by atoms with Gasteiger partial charge >= 0.3 is 0 Å². The monoisotopic (exact) mass is 386 g/mol. The molecule has 0 radical (unpaired) electrons. The number of H-pyrrole nitrogens is 2. The fourth-order valence-electron chi connectivity index (χ4n) is 4.49. The van der Waals surface area contributed by atoms with Gasteiger partial charge in [0, 0.05) is 42.5 Å². The quantitative estimate of drug-likeness (QED) is 0.519. The van der Waals surface area contributed by atoms with Crippen LogP contribution in [0.4, 0.5) is 0 Å². The number of aromatic nitrogens is 3. The third-order valence-corrected chi connectivity index (χ3v) is 6.15. The predicted molar refractivity (Wildman–Crippen MR) is 116 cm³/mol. The van der Waals surface area contributed by atoms with Crippen LogP contribution in [0.5, 0.6) is 0 Å². The molecule has 5 nitrogen and oxygen atoms in total. The molecule has 2 N–H and O–H groups in total. The summed E-state index contributed by atoms with van der Waals surface area (Å²) in [5.41, 5.74) is 4.59. The third-order valence-electron chi connectivity index (χ3n) is 6.15. The van der Waals surface area contributed by atoms with Crippen molar-refractivity contribution in [3.63, 3.8) is 0 Å². The van der Waals surface area contributed by atoms with Crippen LogP contribution in [0.25, 0.3) is 21.9 Å². The Morgan fingerprint density at radius 3 is 2.62 bits per heavy atom. The van der Waals surface area contributed by atoms with Crippen molar-refractivity contribution in [1.82, 2.24) is 19.9 Å². The van der Waals surface area contributed by atoms with Gasteiger partial charge < -0.3 is 14.9 Å². The first-order chi connectivity index (χ1) is 14.3. The molecule has 5 heteroatoms. The highest BCUT2D eigenvalue weighted by Gasteiger charge is 2.25. The average molecular weight is 386 g/mol. The van der Waals surface area contributed by atoms with E-state index in [1.165, 1.54) is 16.5 Å². The summed E-state index contributed by atoms with van der Waals surface area (Å²) < 4.78 is 0. The molecule has 2 aromatic heterocycles. The summed E-state index contributed by atoms with van der Waals surface area (Å²) >= 11 is 0. The molecule has 0 bridgehead atoms. The van der Waals surface area contributed by atoms with E-state index in [1.54, 1.807) is 0 Å². The van der Waals surface area contributed by atoms with Gasteiger partial charge in [0.2, 0.25) is 5.91 Å². The van der Waals surface area contributed by atoms with Gasteiger partial charge in [-0.2, -0.15) is 0 Å². The third kappa shape index (κ3) is 3.65. The molecule has 1 saturated heterocycles. The Morgan fingerprint density at radius 1 is 1.03 bits per heavy atom. The SMILES string of the molecule is O=C(CCCc1c[nH]c2ccccc12)N1CCC(c2nc3ccccc3[nH]2)CC1. The number of hydrogen-bond acceptors (Lipinski definition) is 2. The lowest BCUT2D eigenvalue weighted by atomic mass is 9.95. The van der Waals surface area contributed by atoms with Gasteiger partial charge in [0.05, 0.1) is 11.0 Å². The molecule has 0 aliphatic carbocycles. The molecular weight excluding hydrogens is 360 g/mol. The molecule has 0 spiro atoms. The molecule has 0 saturated carbocycles. The number of benzene rings is 2. The van der Waals surface area contributed by atoms with E-state index in [-0.39, 0.29) is 5.91 Å². The van der Waals surface area contributed by atoms with E-state index < -0.39 is 0 Å². The van der Waals surface area contributed by atoms with Gasteiger partial charge in [0.15, 0.2) is 0 Å². The van der Waals surface area contributed by atoms with Crippen molar-refractivity contribution in [1.29, 1.82) is 0 Å². The summed E-state index contributed by atoms with van der Waals surface area (Å²) in [6.45, 7) is 1.65. The molecule has 1 amide bonds. The number of nitrogens with one attached hydrogen (secondary N) is 2. The number of likely N-dealkylation sites (tertiary alicyclic amines) is 1. The Kier molecular flexibility index (Phi) is 4.80. The summed E-state index contributed by atoms with van der Waals surface area (Å²) in [5.74, 6) is 1.77. The van der Waals surface area contributed by atoms with Crippen LogP contribution in [-0.2, 0) is 11.2 Å². The van der Waals surface area contributed by atoms with Gasteiger partial charge in [-0.1, -0.05) is 30.3 Å². The number of para-hydroxylation sites is 3. The molecule has 0 unspecified atom stereocenters. The summed E-state index contributed by atoms with van der Waals surface area (Å²) in [6.07, 6.45) is 6.49. The summed E-state index contributed by atoms with van der Waals surface area (Å²) in [6, 6.07) is 16.5. The number of hydrogen-bond donors (Lipinski definition) is 2. The lowest BCUT2D eigenvalue weighted by Gasteiger charge is -2.31. The maximum atomic E-state index is 12.7. The Balaban J connectivity index is 1.13. The minimum absolute atomic E-state index is 0.285. The fourth-order valence-corrected chi connectivity index (χ4v) is 4.49. The standard InChI is InChI=1S/C24H26N4O/c29-23(11-5-6-18-16-25-20-8-2-1-7-19(18)20)28-14-12-17(13-15-28)24-26-21-9-3-4-10-22(21)27-24/h1-4,7-10,16-17,25H,5-6,11-15H2,(H,26,27). The highest BCUT2D eigenvalue weighted by atomic mass is 16.2. The Morgan fingerprint density at radius 2 is 1.79 bits per heavy atom. The molecule has 0 atom stereocenters. The van der Waals surface area contributed by atoms with Gasteiger partial charge in [-0.25, -0.2) is 4.98 Å². The smallest absolute Gasteiger partial charge is 0.222 e. The number of aryl methyl sites for hydroxylation is 1. The van der Waals surface area contributed by atoms with Crippen LogP contribution >= 0.6 is 0 Å². The van der Waals surface area contributed by atoms with Crippen LogP contribution < -0.4 is 0 Å². The van der Waals surface area contributed by atoms with Gasteiger partial charge in [-0.05, 0) is 49.4 Å². The van der Waals surface area contributed by atoms with E-state index in [0.717, 1.165) is 55.6 Å². The van der Waals surface area contributed by atoms with E-state index >= 15 is 0 Å². The van der Waals surface area contributed by atoms with Crippen LogP contribution in [0.2, 0.25) is 0 Å². The highest BCUT2D eigenvalue weighted by Crippen LogP contribution is 2.28. The normalized spacial score (nSPS) is 15.4. The van der Waals surface area contributed by atoms with Crippen molar-refractivity contribution in [2.75, 3.05) is 13.1 Å². The second kappa shape index (κ2) is 7.74. The van der Waals surface area contributed by atoms with Crippen molar-refractivity contribution in [2.24, 2.45) is 0 Å². The maximum Gasteiger partial charge on any atom is 0.222 e. The number of amides is 1. The molecule has 3 heterocycles. The highest BCUT2D eigenvalue weighted by molar-refractivity contribution is 5.83. The van der Waals surface area contributed by atoms with Crippen molar-refractivity contribution in [2.45, 2.75) is 38.0 Å². The summed E-state index contributed by atoms with van der Waals surface area (Å²) in [7, 11) is 0. The zero-order chi connectivity index (χ0) is 19.6. The minimum atomic E-state index is 0.285. The second-order valence-electron chi connectivity index (χ2n) is 8.01. The van der Waals surface area contributed by atoms with Crippen molar-refractivity contribution >= 4 is 27.8 Å². The van der Waals surface area contributed by atoms with Crippen LogP contribution in [0.3, 0.4) is 0 Å². The van der Waals surface area contributed by atoms with Gasteiger partial charge in [-0.15, -0.1) is 0 Å². The summed E-state index contributed by atoms with van der Waals surface area (Å²) in [5, 5.41) is 1.27. The van der Waals surface area contributed by atoms with Crippen LogP contribution in [0.1, 0.15) is 43.0 Å². The number of fused-ring (bicyclic) bond motifs is 2. The second-order valence-corrected chi connectivity index (χ2v) is 8.01. The molecular formula is C24H26N4O. The molecule has 148 valence electrons. The zero-order valence-electron chi connectivity index (χ0n) is 16.5. The zero-order valence-corrected chi connectivity index (χ0v) is 16.5. The van der Waals surface area contributed by atoms with E-state index in [4.69, 9.17) is 4.98 Å². The number of aromatic amines is 2. The molecule has 29 heavy (non-hydrogen) atoms. The van der Waals surface area contributed by atoms with Crippen LogP contribution in [-0.4, -0.2) is 38.8 Å². The predicted octanol–water partition coefficient (Wildman–Crippen LogP) is 4.77. The van der Waals surface area contributed by atoms with Crippen LogP contribution in [0.15, 0.2) is 54.7 Å². The first-order valence-electron chi connectivity index (χ1n) is 10.6. The molecule has 5 rings (SSSR count). The number of imidazole rings is 1. The van der Waals surface area contributed by atoms with Crippen LogP contribution in [0, 0.1) is 0 Å². The van der Waals surface area contributed by atoms with Crippen molar-refractivity contribution < 1.29 is 4.79 Å². The van der Waals surface area contributed by atoms with E-state index in [1.807, 2.05) is 29.2 Å². The Labute approximate surface area is 170 Å². The number of rotatable bonds is 5. The van der Waals surface area contributed by atoms with Crippen molar-refractivity contribution in [3.05, 3.63) is 66.1 Å². The first-order valence-corrected chi connectivity index (χ1v) is 10.6. The molecule has 2 aromatic carbocycles. The number of carbonyl (C=O) groups excluding carboxylic acids is 1. The maximum absolute atomic E-state index is 12.7.